The molecule has 1 atom stereocenters. The van der Waals surface area contributed by atoms with Gasteiger partial charge < -0.3 is 19.1 Å². The van der Waals surface area contributed by atoms with Gasteiger partial charge in [-0.25, -0.2) is 14.2 Å². The smallest absolute Gasteiger partial charge is 0.343 e. The number of aryl methyl sites for hydroxylation is 1. The zero-order valence-corrected chi connectivity index (χ0v) is 20.3. The number of nitrogens with zero attached hydrogens (tertiary/aromatic N) is 3. The van der Waals surface area contributed by atoms with E-state index in [2.05, 4.69) is 20.9 Å². The van der Waals surface area contributed by atoms with Crippen molar-refractivity contribution in [1.29, 1.82) is 0 Å². The minimum Gasteiger partial charge on any atom is -0.484 e. The average molecular weight is 548 g/mol. The molecule has 0 aliphatic carbocycles. The summed E-state index contributed by atoms with van der Waals surface area (Å²) in [6, 6.07) is 2.60. The van der Waals surface area contributed by atoms with E-state index in [4.69, 9.17) is 9.47 Å². The van der Waals surface area contributed by atoms with Crippen molar-refractivity contribution in [1.82, 2.24) is 9.55 Å². The highest BCUT2D eigenvalue weighted by Gasteiger charge is 2.45. The minimum atomic E-state index is -1.98. The Labute approximate surface area is 205 Å². The molecule has 12 heteroatoms. The van der Waals surface area contributed by atoms with Crippen LogP contribution in [0.2, 0.25) is 0 Å². The molecule has 2 aromatic heterocycles. The second-order valence-electron chi connectivity index (χ2n) is 8.39. The first kappa shape index (κ1) is 23.4. The van der Waals surface area contributed by atoms with Crippen LogP contribution in [0.4, 0.5) is 10.1 Å². The molecule has 1 aromatic carbocycles. The molecular formula is C23H19BrFN3O7. The molecule has 0 fully saturated rings. The topological polar surface area (TPSA) is 134 Å². The van der Waals surface area contributed by atoms with Gasteiger partial charge in [-0.3, -0.25) is 14.9 Å². The van der Waals surface area contributed by atoms with Crippen LogP contribution in [0.15, 0.2) is 16.9 Å². The van der Waals surface area contributed by atoms with Gasteiger partial charge >= 0.3 is 11.7 Å². The molecule has 3 aromatic rings. The van der Waals surface area contributed by atoms with E-state index in [1.807, 2.05) is 0 Å². The summed E-state index contributed by atoms with van der Waals surface area (Å²) in [6.07, 6.45) is -0.00660. The second-order valence-corrected chi connectivity index (χ2v) is 9.18. The number of ether oxygens (including phenoxy) is 2. The van der Waals surface area contributed by atoms with Crippen LogP contribution in [0.1, 0.15) is 35.6 Å². The van der Waals surface area contributed by atoms with Crippen molar-refractivity contribution in [3.8, 4) is 17.1 Å². The van der Waals surface area contributed by atoms with Gasteiger partial charge in [0.1, 0.15) is 6.61 Å². The van der Waals surface area contributed by atoms with Gasteiger partial charge in [0.05, 0.1) is 45.9 Å². The Bertz CT molecular complexity index is 1520. The molecule has 2 aliphatic rings. The Balaban J connectivity index is 1.81. The maximum Gasteiger partial charge on any atom is 0.343 e. The van der Waals surface area contributed by atoms with Crippen LogP contribution in [0.5, 0.6) is 5.75 Å². The van der Waals surface area contributed by atoms with Gasteiger partial charge in [-0.15, -0.1) is 0 Å². The molecular weight excluding hydrogens is 529 g/mol. The maximum atomic E-state index is 14.9. The number of carbonyl (C=O) groups is 1. The largest absolute Gasteiger partial charge is 0.484 e. The standard InChI is InChI=1S/C23H19BrFN3O7/c1-3-23(31)13-6-16-18-11(8-27(16)21(29)12(13)9-35-22(23)30)10(2)17-15(26-18)7-14(25)20(34-5-4-24)19(17)28(32)33/h6-7,31H,3-5,8-9H2,1-2H3/t23-/m0/s1. The number of pyridine rings is 2. The number of nitro benzene ring substituents is 1. The third kappa shape index (κ3) is 3.19. The van der Waals surface area contributed by atoms with Crippen LogP contribution in [-0.4, -0.2) is 37.5 Å². The third-order valence-corrected chi connectivity index (χ3v) is 6.97. The first-order valence-corrected chi connectivity index (χ1v) is 11.9. The van der Waals surface area contributed by atoms with E-state index in [0.29, 0.717) is 27.8 Å². The lowest BCUT2D eigenvalue weighted by molar-refractivity contribution is -0.384. The fourth-order valence-electron chi connectivity index (χ4n) is 4.85. The first-order valence-electron chi connectivity index (χ1n) is 10.8. The van der Waals surface area contributed by atoms with Crippen molar-refractivity contribution < 1.29 is 28.7 Å². The molecule has 182 valence electrons. The van der Waals surface area contributed by atoms with Crippen molar-refractivity contribution in [3.63, 3.8) is 0 Å². The van der Waals surface area contributed by atoms with Crippen molar-refractivity contribution in [2.75, 3.05) is 11.9 Å². The number of hydrogen-bond donors (Lipinski definition) is 1. The van der Waals surface area contributed by atoms with Gasteiger partial charge in [-0.1, -0.05) is 22.9 Å². The molecule has 2 aliphatic heterocycles. The molecule has 0 amide bonds. The maximum absolute atomic E-state index is 14.9. The van der Waals surface area contributed by atoms with Gasteiger partial charge in [0.15, 0.2) is 11.4 Å². The highest BCUT2D eigenvalue weighted by Crippen LogP contribution is 2.44. The second kappa shape index (κ2) is 8.09. The molecule has 5 rings (SSSR count). The minimum absolute atomic E-state index is 0.00660. The number of carbonyl (C=O) groups excluding carboxylic acids is 1. The summed E-state index contributed by atoms with van der Waals surface area (Å²) in [5, 5.41) is 23.4. The summed E-state index contributed by atoms with van der Waals surface area (Å²) in [6.45, 7) is 3.06. The predicted octanol–water partition coefficient (Wildman–Crippen LogP) is 3.21. The number of rotatable bonds is 5. The fraction of sp³-hybridized carbons (Fsp3) is 0.348. The summed E-state index contributed by atoms with van der Waals surface area (Å²) in [7, 11) is 0. The zero-order chi connectivity index (χ0) is 25.2. The Morgan fingerprint density at radius 2 is 2.11 bits per heavy atom. The van der Waals surface area contributed by atoms with E-state index < -0.39 is 39.3 Å². The van der Waals surface area contributed by atoms with Crippen molar-refractivity contribution in [2.45, 2.75) is 39.0 Å². The lowest BCUT2D eigenvalue weighted by Gasteiger charge is -2.31. The van der Waals surface area contributed by atoms with Crippen LogP contribution >= 0.6 is 15.9 Å². The molecule has 4 heterocycles. The molecule has 0 bridgehead atoms. The van der Waals surface area contributed by atoms with Crippen molar-refractivity contribution in [3.05, 3.63) is 60.7 Å². The molecule has 0 spiro atoms. The number of nitro groups is 1. The van der Waals surface area contributed by atoms with Gasteiger partial charge in [0.2, 0.25) is 5.75 Å². The number of halogens is 2. The predicted molar refractivity (Wildman–Crippen MR) is 125 cm³/mol. The van der Waals surface area contributed by atoms with E-state index in [0.717, 1.165) is 6.07 Å². The van der Waals surface area contributed by atoms with Crippen LogP contribution in [0.25, 0.3) is 22.3 Å². The van der Waals surface area contributed by atoms with Crippen molar-refractivity contribution >= 4 is 38.5 Å². The number of aliphatic hydroxyl groups is 1. The van der Waals surface area contributed by atoms with E-state index in [-0.39, 0.29) is 48.2 Å². The molecule has 0 radical (unpaired) electrons. The number of benzene rings is 1. The van der Waals surface area contributed by atoms with Gasteiger partial charge in [0, 0.05) is 22.5 Å². The highest BCUT2D eigenvalue weighted by atomic mass is 79.9. The summed E-state index contributed by atoms with van der Waals surface area (Å²) in [4.78, 5) is 41.4. The number of aromatic nitrogens is 2. The SMILES string of the molecule is CC[C@@]1(O)C(=O)OCc2c1cc1n(c2=O)Cc2c-1nc1cc(F)c(OCCBr)c([N+](=O)[O-])c1c2C. The average Bonchev–Trinajstić information content (AvgIpc) is 3.19. The molecule has 35 heavy (non-hydrogen) atoms. The van der Waals surface area contributed by atoms with E-state index in [1.165, 1.54) is 10.6 Å². The zero-order valence-electron chi connectivity index (χ0n) is 18.7. The lowest BCUT2D eigenvalue weighted by Crippen LogP contribution is -2.44. The van der Waals surface area contributed by atoms with Crippen LogP contribution in [-0.2, 0) is 28.3 Å². The van der Waals surface area contributed by atoms with Crippen molar-refractivity contribution in [2.24, 2.45) is 0 Å². The molecule has 10 nitrogen and oxygen atoms in total. The normalized spacial score (nSPS) is 18.1. The van der Waals surface area contributed by atoms with E-state index in [9.17, 15) is 29.2 Å². The Morgan fingerprint density at radius 1 is 1.37 bits per heavy atom. The van der Waals surface area contributed by atoms with E-state index >= 15 is 0 Å². The Kier molecular flexibility index (Phi) is 5.40. The van der Waals surface area contributed by atoms with Gasteiger partial charge in [0.25, 0.3) is 5.56 Å². The Hall–Kier alpha value is -3.38. The monoisotopic (exact) mass is 547 g/mol. The quantitative estimate of drug-likeness (QED) is 0.174. The molecule has 0 saturated carbocycles. The summed E-state index contributed by atoms with van der Waals surface area (Å²) in [5.41, 5.74) is -0.968. The molecule has 1 N–H and O–H groups in total. The lowest BCUT2D eigenvalue weighted by atomic mass is 9.86. The molecule has 0 saturated heterocycles. The number of alkyl halides is 1. The summed E-state index contributed by atoms with van der Waals surface area (Å²) < 4.78 is 26.7. The third-order valence-electron chi connectivity index (χ3n) is 6.64. The van der Waals surface area contributed by atoms with Crippen LogP contribution in [0.3, 0.4) is 0 Å². The first-order chi connectivity index (χ1) is 16.6. The van der Waals surface area contributed by atoms with Crippen LogP contribution < -0.4 is 10.3 Å². The molecule has 0 unspecified atom stereocenters. The number of cyclic esters (lactones) is 1. The summed E-state index contributed by atoms with van der Waals surface area (Å²) >= 11 is 3.16. The van der Waals surface area contributed by atoms with Crippen LogP contribution in [0, 0.1) is 22.9 Å². The summed E-state index contributed by atoms with van der Waals surface area (Å²) in [5.74, 6) is -2.24. The number of fused-ring (bicyclic) bond motifs is 5. The van der Waals surface area contributed by atoms with Gasteiger partial charge in [-0.05, 0) is 25.0 Å². The number of hydrogen-bond acceptors (Lipinski definition) is 8. The van der Waals surface area contributed by atoms with E-state index in [1.54, 1.807) is 13.8 Å². The van der Waals surface area contributed by atoms with Gasteiger partial charge in [-0.2, -0.15) is 0 Å². The Morgan fingerprint density at radius 3 is 2.77 bits per heavy atom. The number of esters is 1. The fourth-order valence-corrected chi connectivity index (χ4v) is 5.01. The highest BCUT2D eigenvalue weighted by molar-refractivity contribution is 9.09.